The van der Waals surface area contributed by atoms with E-state index in [1.807, 2.05) is 23.1 Å². The van der Waals surface area contributed by atoms with Gasteiger partial charge in [-0.2, -0.15) is 0 Å². The molecule has 0 saturated carbocycles. The van der Waals surface area contributed by atoms with E-state index in [1.165, 1.54) is 11.1 Å². The van der Waals surface area contributed by atoms with Crippen LogP contribution in [0.4, 0.5) is 0 Å². The van der Waals surface area contributed by atoms with Crippen LogP contribution in [-0.2, 0) is 11.8 Å². The number of fused-ring (bicyclic) bond motifs is 4. The fourth-order valence-corrected chi connectivity index (χ4v) is 4.19. The van der Waals surface area contributed by atoms with Gasteiger partial charge in [-0.25, -0.2) is 0 Å². The van der Waals surface area contributed by atoms with E-state index in [2.05, 4.69) is 11.9 Å². The lowest BCUT2D eigenvalue weighted by atomic mass is 9.65. The average Bonchev–Trinajstić information content (AvgIpc) is 2.56. The summed E-state index contributed by atoms with van der Waals surface area (Å²) in [7, 11) is 0. The van der Waals surface area contributed by atoms with E-state index in [4.69, 9.17) is 0 Å². The number of aromatic nitrogens is 1. The summed E-state index contributed by atoms with van der Waals surface area (Å²) in [5.41, 5.74) is 3.21. The Morgan fingerprint density at radius 3 is 3.04 bits per heavy atom. The van der Waals surface area contributed by atoms with Crippen molar-refractivity contribution in [3.05, 3.63) is 59.4 Å². The molecule has 0 radical (unpaired) electrons. The second-order valence-electron chi connectivity index (χ2n) is 6.95. The number of carbonyl (C=O) groups is 1. The molecule has 2 bridgehead atoms. The summed E-state index contributed by atoms with van der Waals surface area (Å²) in [5, 5.41) is 9.82. The van der Waals surface area contributed by atoms with Gasteiger partial charge in [0.1, 0.15) is 5.75 Å². The Bertz CT molecular complexity index is 759. The van der Waals surface area contributed by atoms with Crippen molar-refractivity contribution in [3.8, 4) is 5.75 Å². The minimum Gasteiger partial charge on any atom is -0.508 e. The molecule has 2 atom stereocenters. The number of hydrogen-bond donors (Lipinski definition) is 1. The molecule has 1 fully saturated rings. The first-order chi connectivity index (χ1) is 11.1. The summed E-state index contributed by atoms with van der Waals surface area (Å²) in [4.78, 5) is 18.9. The first-order valence-corrected chi connectivity index (χ1v) is 8.10. The fourth-order valence-electron chi connectivity index (χ4n) is 4.19. The van der Waals surface area contributed by atoms with Gasteiger partial charge in [0.15, 0.2) is 0 Å². The van der Waals surface area contributed by atoms with Crippen LogP contribution in [-0.4, -0.2) is 33.5 Å². The molecular formula is C19H20N2O2. The third kappa shape index (κ3) is 2.29. The van der Waals surface area contributed by atoms with Crippen LogP contribution in [0.15, 0.2) is 42.7 Å². The zero-order chi connectivity index (χ0) is 16.0. The molecule has 1 aliphatic heterocycles. The number of aromatic hydroxyl groups is 1. The van der Waals surface area contributed by atoms with Crippen molar-refractivity contribution in [2.75, 3.05) is 6.54 Å². The van der Waals surface area contributed by atoms with Gasteiger partial charge >= 0.3 is 0 Å². The number of phenols is 1. The predicted molar refractivity (Wildman–Crippen MR) is 87.5 cm³/mol. The lowest BCUT2D eigenvalue weighted by Crippen LogP contribution is -2.54. The number of amides is 1. The number of rotatable bonds is 1. The summed E-state index contributed by atoms with van der Waals surface area (Å²) in [6.07, 6.45) is 6.07. The highest BCUT2D eigenvalue weighted by Crippen LogP contribution is 2.45. The van der Waals surface area contributed by atoms with Gasteiger partial charge < -0.3 is 10.0 Å². The highest BCUT2D eigenvalue weighted by atomic mass is 16.3. The Kier molecular flexibility index (Phi) is 3.15. The molecule has 1 amide bonds. The Labute approximate surface area is 135 Å². The smallest absolute Gasteiger partial charge is 0.255 e. The molecule has 4 nitrogen and oxygen atoms in total. The predicted octanol–water partition coefficient (Wildman–Crippen LogP) is 2.91. The standard InChI is InChI=1S/C19H20N2O2/c1-19-6-8-21(18(23)14-3-2-7-20-12-14)15(11-19)9-13-4-5-16(22)10-17(13)19/h2-5,7,10,12,15,22H,6,8-9,11H2,1H3/t15?,19-/m1/s1. The number of phenolic OH excluding ortho intramolecular Hbond substituents is 1. The molecule has 118 valence electrons. The molecule has 23 heavy (non-hydrogen) atoms. The molecule has 4 heteroatoms. The van der Waals surface area contributed by atoms with Gasteiger partial charge in [-0.05, 0) is 60.1 Å². The quantitative estimate of drug-likeness (QED) is 0.881. The number of likely N-dealkylation sites (tertiary alicyclic amines) is 1. The first kappa shape index (κ1) is 14.2. The summed E-state index contributed by atoms with van der Waals surface area (Å²) >= 11 is 0. The molecule has 2 heterocycles. The van der Waals surface area contributed by atoms with Crippen LogP contribution in [0.3, 0.4) is 0 Å². The van der Waals surface area contributed by atoms with Gasteiger partial charge in [-0.3, -0.25) is 9.78 Å². The number of benzene rings is 1. The second kappa shape index (κ2) is 5.08. The largest absolute Gasteiger partial charge is 0.508 e. The first-order valence-electron chi connectivity index (χ1n) is 8.10. The van der Waals surface area contributed by atoms with Gasteiger partial charge in [-0.15, -0.1) is 0 Å². The molecule has 0 spiro atoms. The van der Waals surface area contributed by atoms with Crippen molar-refractivity contribution < 1.29 is 9.90 Å². The van der Waals surface area contributed by atoms with Gasteiger partial charge in [-0.1, -0.05) is 13.0 Å². The molecule has 1 saturated heterocycles. The Morgan fingerprint density at radius 1 is 1.39 bits per heavy atom. The van der Waals surface area contributed by atoms with Crippen molar-refractivity contribution in [1.29, 1.82) is 0 Å². The molecule has 2 aromatic rings. The van der Waals surface area contributed by atoms with E-state index < -0.39 is 0 Å². The molecule has 4 rings (SSSR count). The Morgan fingerprint density at radius 2 is 2.26 bits per heavy atom. The van der Waals surface area contributed by atoms with Crippen LogP contribution < -0.4 is 0 Å². The van der Waals surface area contributed by atoms with Gasteiger partial charge in [0.25, 0.3) is 5.91 Å². The summed E-state index contributed by atoms with van der Waals surface area (Å²) in [5.74, 6) is 0.407. The molecule has 1 aromatic carbocycles. The number of nitrogens with zero attached hydrogens (tertiary/aromatic N) is 2. The average molecular weight is 308 g/mol. The van der Waals surface area contributed by atoms with Crippen LogP contribution in [0.5, 0.6) is 5.75 Å². The summed E-state index contributed by atoms with van der Waals surface area (Å²) < 4.78 is 0. The van der Waals surface area contributed by atoms with E-state index in [9.17, 15) is 9.90 Å². The molecular weight excluding hydrogens is 288 g/mol. The van der Waals surface area contributed by atoms with Crippen molar-refractivity contribution >= 4 is 5.91 Å². The maximum absolute atomic E-state index is 12.8. The van der Waals surface area contributed by atoms with Crippen molar-refractivity contribution in [2.45, 2.75) is 37.6 Å². The molecule has 1 N–H and O–H groups in total. The van der Waals surface area contributed by atoms with E-state index >= 15 is 0 Å². The molecule has 1 aliphatic carbocycles. The minimum atomic E-state index is 0.0444. The van der Waals surface area contributed by atoms with E-state index in [-0.39, 0.29) is 17.4 Å². The summed E-state index contributed by atoms with van der Waals surface area (Å²) in [6, 6.07) is 9.52. The topological polar surface area (TPSA) is 53.4 Å². The van der Waals surface area contributed by atoms with Crippen LogP contribution in [0, 0.1) is 0 Å². The highest BCUT2D eigenvalue weighted by Gasteiger charge is 2.44. The summed E-state index contributed by atoms with van der Waals surface area (Å²) in [6.45, 7) is 3.01. The monoisotopic (exact) mass is 308 g/mol. The zero-order valence-corrected chi connectivity index (χ0v) is 13.2. The normalized spacial score (nSPS) is 25.8. The van der Waals surface area contributed by atoms with E-state index in [1.54, 1.807) is 24.5 Å². The maximum atomic E-state index is 12.8. The van der Waals surface area contributed by atoms with Crippen molar-refractivity contribution in [2.24, 2.45) is 0 Å². The molecule has 2 aliphatic rings. The molecule has 1 aromatic heterocycles. The van der Waals surface area contributed by atoms with Gasteiger partial charge in [0, 0.05) is 25.0 Å². The zero-order valence-electron chi connectivity index (χ0n) is 13.2. The Hall–Kier alpha value is -2.36. The van der Waals surface area contributed by atoms with E-state index in [0.29, 0.717) is 11.3 Å². The second-order valence-corrected chi connectivity index (χ2v) is 6.95. The lowest BCUT2D eigenvalue weighted by molar-refractivity contribution is 0.0488. The van der Waals surface area contributed by atoms with Crippen LogP contribution in [0.1, 0.15) is 41.3 Å². The number of hydrogen-bond acceptors (Lipinski definition) is 3. The minimum absolute atomic E-state index is 0.0444. The van der Waals surface area contributed by atoms with Gasteiger partial charge in [0.2, 0.25) is 0 Å². The fraction of sp³-hybridized carbons (Fsp3) is 0.368. The number of pyridine rings is 1. The highest BCUT2D eigenvalue weighted by molar-refractivity contribution is 5.94. The SMILES string of the molecule is C[C@]12CCN(C(=O)c3cccnc3)C(Cc3ccc(O)cc31)C2. The molecule has 1 unspecified atom stereocenters. The van der Waals surface area contributed by atoms with Crippen LogP contribution in [0.25, 0.3) is 0 Å². The van der Waals surface area contributed by atoms with Crippen molar-refractivity contribution in [3.63, 3.8) is 0 Å². The number of piperidine rings is 1. The Balaban J connectivity index is 1.67. The lowest BCUT2D eigenvalue weighted by Gasteiger charge is -2.49. The van der Waals surface area contributed by atoms with Crippen molar-refractivity contribution in [1.82, 2.24) is 9.88 Å². The third-order valence-electron chi connectivity index (χ3n) is 5.40. The number of carbonyl (C=O) groups excluding carboxylic acids is 1. The van der Waals surface area contributed by atoms with E-state index in [0.717, 1.165) is 25.8 Å². The maximum Gasteiger partial charge on any atom is 0.255 e. The third-order valence-corrected chi connectivity index (χ3v) is 5.40. The van der Waals surface area contributed by atoms with Gasteiger partial charge in [0.05, 0.1) is 5.56 Å². The van der Waals surface area contributed by atoms with Crippen LogP contribution in [0.2, 0.25) is 0 Å². The van der Waals surface area contributed by atoms with Crippen LogP contribution >= 0.6 is 0 Å².